The summed E-state index contributed by atoms with van der Waals surface area (Å²) in [6.45, 7) is 1.59. The normalized spacial score (nSPS) is 12.2. The summed E-state index contributed by atoms with van der Waals surface area (Å²) >= 11 is 3.32. The van der Waals surface area contributed by atoms with Crippen LogP contribution < -0.4 is 5.32 Å². The lowest BCUT2D eigenvalue weighted by molar-refractivity contribution is 0.0922. The Bertz CT molecular complexity index is 572. The number of nitrogens with one attached hydrogen (secondary N) is 1. The molecule has 0 bridgehead atoms. The molecule has 1 heterocycles. The van der Waals surface area contributed by atoms with E-state index in [9.17, 15) is 4.79 Å². The van der Waals surface area contributed by atoms with Crippen LogP contribution in [0, 0.1) is 0 Å². The SMILES string of the molecule is CC(CO)NC(=O)c1cc(Br)ccc1-n1cnnn1. The van der Waals surface area contributed by atoms with Crippen molar-refractivity contribution in [3.63, 3.8) is 0 Å². The van der Waals surface area contributed by atoms with Crippen molar-refractivity contribution in [1.82, 2.24) is 25.5 Å². The maximum absolute atomic E-state index is 12.2. The number of carbonyl (C=O) groups is 1. The molecule has 2 rings (SSSR count). The number of aliphatic hydroxyl groups is 1. The lowest BCUT2D eigenvalue weighted by atomic mass is 10.1. The summed E-state index contributed by atoms with van der Waals surface area (Å²) in [6.07, 6.45) is 1.41. The van der Waals surface area contributed by atoms with Gasteiger partial charge in [0.15, 0.2) is 0 Å². The van der Waals surface area contributed by atoms with Crippen molar-refractivity contribution in [1.29, 1.82) is 0 Å². The fourth-order valence-electron chi connectivity index (χ4n) is 1.51. The highest BCUT2D eigenvalue weighted by Crippen LogP contribution is 2.19. The van der Waals surface area contributed by atoms with E-state index in [4.69, 9.17) is 5.11 Å². The lowest BCUT2D eigenvalue weighted by Gasteiger charge is -2.13. The second-order valence-electron chi connectivity index (χ2n) is 3.97. The van der Waals surface area contributed by atoms with Crippen molar-refractivity contribution in [3.8, 4) is 5.69 Å². The van der Waals surface area contributed by atoms with Crippen molar-refractivity contribution in [2.75, 3.05) is 6.61 Å². The van der Waals surface area contributed by atoms with Gasteiger partial charge < -0.3 is 10.4 Å². The smallest absolute Gasteiger partial charge is 0.253 e. The molecular weight excluding hydrogens is 314 g/mol. The van der Waals surface area contributed by atoms with Gasteiger partial charge in [0, 0.05) is 10.5 Å². The molecule has 1 aromatic carbocycles. The van der Waals surface area contributed by atoms with Crippen LogP contribution in [0.5, 0.6) is 0 Å². The number of aliphatic hydroxyl groups excluding tert-OH is 1. The van der Waals surface area contributed by atoms with Crippen LogP contribution in [-0.2, 0) is 0 Å². The number of nitrogens with zero attached hydrogens (tertiary/aromatic N) is 4. The van der Waals surface area contributed by atoms with Gasteiger partial charge in [-0.05, 0) is 35.5 Å². The number of carbonyl (C=O) groups excluding carboxylic acids is 1. The third-order valence-electron chi connectivity index (χ3n) is 2.45. The molecule has 0 saturated carbocycles. The lowest BCUT2D eigenvalue weighted by Crippen LogP contribution is -2.35. The van der Waals surface area contributed by atoms with Crippen molar-refractivity contribution in [2.45, 2.75) is 13.0 Å². The van der Waals surface area contributed by atoms with Gasteiger partial charge in [-0.25, -0.2) is 0 Å². The maximum Gasteiger partial charge on any atom is 0.253 e. The maximum atomic E-state index is 12.2. The number of hydrogen-bond acceptors (Lipinski definition) is 5. The summed E-state index contributed by atoms with van der Waals surface area (Å²) in [6, 6.07) is 4.88. The summed E-state index contributed by atoms with van der Waals surface area (Å²) in [5.41, 5.74) is 0.984. The summed E-state index contributed by atoms with van der Waals surface area (Å²) in [5, 5.41) is 22.5. The number of amides is 1. The molecule has 0 fully saturated rings. The summed E-state index contributed by atoms with van der Waals surface area (Å²) in [4.78, 5) is 12.2. The Morgan fingerprint density at radius 2 is 2.37 bits per heavy atom. The molecule has 0 radical (unpaired) electrons. The topological polar surface area (TPSA) is 92.9 Å². The number of hydrogen-bond donors (Lipinski definition) is 2. The second-order valence-corrected chi connectivity index (χ2v) is 4.89. The van der Waals surface area contributed by atoms with Crippen LogP contribution in [-0.4, -0.2) is 43.9 Å². The van der Waals surface area contributed by atoms with E-state index in [1.54, 1.807) is 25.1 Å². The van der Waals surface area contributed by atoms with E-state index in [-0.39, 0.29) is 18.6 Å². The number of benzene rings is 1. The number of rotatable bonds is 4. The Hall–Kier alpha value is -1.80. The molecule has 1 aromatic heterocycles. The van der Waals surface area contributed by atoms with Gasteiger partial charge in [-0.1, -0.05) is 15.9 Å². The number of aromatic nitrogens is 4. The van der Waals surface area contributed by atoms with Crippen LogP contribution in [0.2, 0.25) is 0 Å². The highest BCUT2D eigenvalue weighted by molar-refractivity contribution is 9.10. The number of tetrazole rings is 1. The van der Waals surface area contributed by atoms with Gasteiger partial charge in [0.25, 0.3) is 5.91 Å². The molecule has 7 nitrogen and oxygen atoms in total. The highest BCUT2D eigenvalue weighted by Gasteiger charge is 2.16. The van der Waals surface area contributed by atoms with Gasteiger partial charge in [0.1, 0.15) is 6.33 Å². The zero-order valence-corrected chi connectivity index (χ0v) is 11.7. The molecule has 8 heteroatoms. The van der Waals surface area contributed by atoms with Crippen molar-refractivity contribution >= 4 is 21.8 Å². The van der Waals surface area contributed by atoms with Crippen molar-refractivity contribution in [2.24, 2.45) is 0 Å². The van der Waals surface area contributed by atoms with E-state index in [1.165, 1.54) is 11.0 Å². The zero-order chi connectivity index (χ0) is 13.8. The molecule has 2 aromatic rings. The van der Waals surface area contributed by atoms with Gasteiger partial charge in [0.05, 0.1) is 17.9 Å². The molecule has 0 aliphatic carbocycles. The summed E-state index contributed by atoms with van der Waals surface area (Å²) < 4.78 is 2.18. The standard InChI is InChI=1S/C11H12BrN5O2/c1-7(5-18)14-11(19)9-4-8(12)2-3-10(9)17-6-13-15-16-17/h2-4,6-7,18H,5H2,1H3,(H,14,19). The summed E-state index contributed by atoms with van der Waals surface area (Å²) in [7, 11) is 0. The van der Waals surface area contributed by atoms with Crippen LogP contribution in [0.1, 0.15) is 17.3 Å². The molecule has 0 saturated heterocycles. The molecule has 19 heavy (non-hydrogen) atoms. The first-order valence-electron chi connectivity index (χ1n) is 5.56. The third-order valence-corrected chi connectivity index (χ3v) is 2.94. The molecule has 0 spiro atoms. The van der Waals surface area contributed by atoms with E-state index in [0.717, 1.165) is 4.47 Å². The second kappa shape index (κ2) is 5.89. The Morgan fingerprint density at radius 1 is 1.58 bits per heavy atom. The minimum atomic E-state index is -0.326. The zero-order valence-electron chi connectivity index (χ0n) is 10.1. The van der Waals surface area contributed by atoms with Gasteiger partial charge >= 0.3 is 0 Å². The fourth-order valence-corrected chi connectivity index (χ4v) is 1.87. The summed E-state index contributed by atoms with van der Waals surface area (Å²) in [5.74, 6) is -0.298. The fraction of sp³-hybridized carbons (Fsp3) is 0.273. The first-order valence-corrected chi connectivity index (χ1v) is 6.35. The van der Waals surface area contributed by atoms with E-state index < -0.39 is 0 Å². The molecule has 0 aliphatic rings. The van der Waals surface area contributed by atoms with Gasteiger partial charge in [-0.3, -0.25) is 4.79 Å². The largest absolute Gasteiger partial charge is 0.394 e. The quantitative estimate of drug-likeness (QED) is 0.855. The van der Waals surface area contributed by atoms with Crippen LogP contribution in [0.4, 0.5) is 0 Å². The van der Waals surface area contributed by atoms with Crippen LogP contribution in [0.25, 0.3) is 5.69 Å². The molecule has 1 amide bonds. The average molecular weight is 326 g/mol. The third kappa shape index (κ3) is 3.15. The molecule has 1 unspecified atom stereocenters. The van der Waals surface area contributed by atoms with E-state index in [0.29, 0.717) is 11.3 Å². The van der Waals surface area contributed by atoms with Crippen molar-refractivity contribution < 1.29 is 9.90 Å². The minimum absolute atomic E-state index is 0.125. The first kappa shape index (κ1) is 13.6. The Balaban J connectivity index is 2.38. The Kier molecular flexibility index (Phi) is 4.23. The highest BCUT2D eigenvalue weighted by atomic mass is 79.9. The van der Waals surface area contributed by atoms with Crippen LogP contribution in [0.15, 0.2) is 29.0 Å². The monoisotopic (exact) mass is 325 g/mol. The van der Waals surface area contributed by atoms with E-state index in [2.05, 4.69) is 36.8 Å². The Morgan fingerprint density at radius 3 is 3.00 bits per heavy atom. The minimum Gasteiger partial charge on any atom is -0.394 e. The predicted molar refractivity (Wildman–Crippen MR) is 70.9 cm³/mol. The van der Waals surface area contributed by atoms with E-state index in [1.807, 2.05) is 0 Å². The molecular formula is C11H12BrN5O2. The molecule has 2 N–H and O–H groups in total. The number of halogens is 1. The van der Waals surface area contributed by atoms with Gasteiger partial charge in [0.2, 0.25) is 0 Å². The average Bonchev–Trinajstić information content (AvgIpc) is 2.92. The van der Waals surface area contributed by atoms with Gasteiger partial charge in [-0.15, -0.1) is 5.10 Å². The molecule has 1 atom stereocenters. The van der Waals surface area contributed by atoms with Crippen LogP contribution in [0.3, 0.4) is 0 Å². The Labute approximate surface area is 117 Å². The first-order chi connectivity index (χ1) is 9.11. The molecule has 100 valence electrons. The predicted octanol–water partition coefficient (Wildman–Crippen LogP) is 0.535. The van der Waals surface area contributed by atoms with E-state index >= 15 is 0 Å². The van der Waals surface area contributed by atoms with Gasteiger partial charge in [-0.2, -0.15) is 4.68 Å². The van der Waals surface area contributed by atoms with Crippen molar-refractivity contribution in [3.05, 3.63) is 34.6 Å². The molecule has 0 aliphatic heterocycles. The van der Waals surface area contributed by atoms with Crippen LogP contribution >= 0.6 is 15.9 Å².